The summed E-state index contributed by atoms with van der Waals surface area (Å²) in [6, 6.07) is 0. The van der Waals surface area contributed by atoms with Gasteiger partial charge in [-0.15, -0.1) is 0 Å². The molecule has 1 amide bonds. The van der Waals surface area contributed by atoms with Crippen LogP contribution in [0, 0.1) is 6.92 Å². The molecule has 0 saturated heterocycles. The van der Waals surface area contributed by atoms with Crippen molar-refractivity contribution in [1.82, 2.24) is 5.32 Å². The molecule has 0 aromatic heterocycles. The molecule has 0 aromatic rings. The second-order valence-electron chi connectivity index (χ2n) is 2.14. The van der Waals surface area contributed by atoms with E-state index in [2.05, 4.69) is 18.8 Å². The van der Waals surface area contributed by atoms with Crippen molar-refractivity contribution in [3.05, 3.63) is 19.1 Å². The van der Waals surface area contributed by atoms with Crippen LogP contribution in [0.25, 0.3) is 0 Å². The number of aliphatic hydroxyl groups is 1. The van der Waals surface area contributed by atoms with Crippen LogP contribution in [-0.4, -0.2) is 23.7 Å². The molecule has 0 heterocycles. The van der Waals surface area contributed by atoms with Crippen LogP contribution < -0.4 is 5.32 Å². The Labute approximate surface area is 60.7 Å². The summed E-state index contributed by atoms with van der Waals surface area (Å²) in [7, 11) is 0. The Bertz CT molecular complexity index is 141. The molecular weight excluding hydrogens is 130 g/mol. The van der Waals surface area contributed by atoms with Crippen LogP contribution in [0.2, 0.25) is 0 Å². The van der Waals surface area contributed by atoms with Gasteiger partial charge in [0.2, 0.25) is 5.91 Å². The molecule has 0 fully saturated rings. The van der Waals surface area contributed by atoms with Gasteiger partial charge >= 0.3 is 0 Å². The topological polar surface area (TPSA) is 49.3 Å². The maximum Gasteiger partial charge on any atom is 0.246 e. The first-order chi connectivity index (χ1) is 4.54. The fraction of sp³-hybridized carbons (Fsp3) is 0.429. The molecule has 10 heavy (non-hydrogen) atoms. The van der Waals surface area contributed by atoms with Gasteiger partial charge < -0.3 is 10.4 Å². The van der Waals surface area contributed by atoms with Crippen LogP contribution in [0.1, 0.15) is 6.92 Å². The first kappa shape index (κ1) is 9.17. The van der Waals surface area contributed by atoms with Gasteiger partial charge in [-0.1, -0.05) is 6.58 Å². The maximum absolute atomic E-state index is 10.7. The molecular formula is C7H12NO2. The summed E-state index contributed by atoms with van der Waals surface area (Å²) >= 11 is 0. The second kappa shape index (κ2) is 4.06. The highest BCUT2D eigenvalue weighted by Crippen LogP contribution is 1.85. The van der Waals surface area contributed by atoms with Crippen LogP contribution in [0.4, 0.5) is 0 Å². The molecule has 0 aliphatic carbocycles. The van der Waals surface area contributed by atoms with Gasteiger partial charge in [-0.25, -0.2) is 0 Å². The van der Waals surface area contributed by atoms with Crippen LogP contribution in [0.15, 0.2) is 12.2 Å². The van der Waals surface area contributed by atoms with E-state index in [1.54, 1.807) is 6.92 Å². The van der Waals surface area contributed by atoms with Crippen molar-refractivity contribution in [2.75, 3.05) is 6.54 Å². The SMILES string of the molecule is [CH2]C(O)CNC(=O)C(=C)C. The molecule has 1 atom stereocenters. The van der Waals surface area contributed by atoms with E-state index in [9.17, 15) is 4.79 Å². The Hall–Kier alpha value is -0.830. The molecule has 0 aliphatic heterocycles. The molecule has 0 saturated carbocycles. The normalized spacial score (nSPS) is 12.3. The van der Waals surface area contributed by atoms with Gasteiger partial charge in [-0.05, 0) is 13.8 Å². The molecule has 1 unspecified atom stereocenters. The standard InChI is InChI=1S/C7H12NO2/c1-5(2)7(10)8-4-6(3)9/h6,9H,1,3-4H2,2H3,(H,8,10). The van der Waals surface area contributed by atoms with Gasteiger partial charge in [0.05, 0.1) is 6.10 Å². The van der Waals surface area contributed by atoms with E-state index >= 15 is 0 Å². The molecule has 3 heteroatoms. The van der Waals surface area contributed by atoms with E-state index in [4.69, 9.17) is 5.11 Å². The van der Waals surface area contributed by atoms with Crippen molar-refractivity contribution in [3.63, 3.8) is 0 Å². The minimum absolute atomic E-state index is 0.172. The summed E-state index contributed by atoms with van der Waals surface area (Å²) in [5.41, 5.74) is 0.431. The Morgan fingerprint density at radius 3 is 2.60 bits per heavy atom. The van der Waals surface area contributed by atoms with Crippen molar-refractivity contribution >= 4 is 5.91 Å². The van der Waals surface area contributed by atoms with Crippen LogP contribution in [0.5, 0.6) is 0 Å². The predicted octanol–water partition coefficient (Wildman–Crippen LogP) is -0.126. The van der Waals surface area contributed by atoms with Gasteiger partial charge in [0, 0.05) is 12.1 Å². The number of nitrogens with one attached hydrogen (secondary N) is 1. The number of carbonyl (C=O) groups excluding carboxylic acids is 1. The zero-order chi connectivity index (χ0) is 8.15. The summed E-state index contributed by atoms with van der Waals surface area (Å²) in [6.07, 6.45) is -0.747. The molecule has 0 aromatic carbocycles. The van der Waals surface area contributed by atoms with Crippen molar-refractivity contribution < 1.29 is 9.90 Å². The van der Waals surface area contributed by atoms with Crippen molar-refractivity contribution in [2.45, 2.75) is 13.0 Å². The largest absolute Gasteiger partial charge is 0.391 e. The smallest absolute Gasteiger partial charge is 0.246 e. The zero-order valence-corrected chi connectivity index (χ0v) is 6.05. The molecule has 3 nitrogen and oxygen atoms in total. The van der Waals surface area contributed by atoms with Crippen LogP contribution in [-0.2, 0) is 4.79 Å². The van der Waals surface area contributed by atoms with Crippen LogP contribution >= 0.6 is 0 Å². The first-order valence-electron chi connectivity index (χ1n) is 2.99. The number of carbonyl (C=O) groups is 1. The lowest BCUT2D eigenvalue weighted by atomic mass is 10.3. The summed E-state index contributed by atoms with van der Waals surface area (Å²) in [4.78, 5) is 10.7. The van der Waals surface area contributed by atoms with Gasteiger partial charge in [0.15, 0.2) is 0 Å². The van der Waals surface area contributed by atoms with E-state index in [1.165, 1.54) is 0 Å². The van der Waals surface area contributed by atoms with Gasteiger partial charge in [0.25, 0.3) is 0 Å². The quantitative estimate of drug-likeness (QED) is 0.539. The average molecular weight is 142 g/mol. The summed E-state index contributed by atoms with van der Waals surface area (Å²) < 4.78 is 0. The van der Waals surface area contributed by atoms with Gasteiger partial charge in [-0.3, -0.25) is 4.79 Å². The van der Waals surface area contributed by atoms with Gasteiger partial charge in [-0.2, -0.15) is 0 Å². The molecule has 57 valence electrons. The highest BCUT2D eigenvalue weighted by molar-refractivity contribution is 5.92. The lowest BCUT2D eigenvalue weighted by molar-refractivity contribution is -0.117. The third-order valence-electron chi connectivity index (χ3n) is 0.886. The third-order valence-corrected chi connectivity index (χ3v) is 0.886. The Balaban J connectivity index is 3.50. The van der Waals surface area contributed by atoms with Crippen LogP contribution in [0.3, 0.4) is 0 Å². The van der Waals surface area contributed by atoms with Crippen molar-refractivity contribution in [2.24, 2.45) is 0 Å². The Kier molecular flexibility index (Phi) is 3.72. The molecule has 0 aliphatic rings. The number of amides is 1. The van der Waals surface area contributed by atoms with Crippen molar-refractivity contribution in [1.29, 1.82) is 0 Å². The third kappa shape index (κ3) is 4.09. The predicted molar refractivity (Wildman–Crippen MR) is 39.2 cm³/mol. The van der Waals surface area contributed by atoms with E-state index in [0.29, 0.717) is 5.57 Å². The fourth-order valence-corrected chi connectivity index (χ4v) is 0.361. The molecule has 1 radical (unpaired) electrons. The number of hydrogen-bond donors (Lipinski definition) is 2. The minimum atomic E-state index is -0.747. The monoisotopic (exact) mass is 142 g/mol. The molecule has 0 bridgehead atoms. The Morgan fingerprint density at radius 2 is 2.30 bits per heavy atom. The number of rotatable bonds is 3. The molecule has 2 N–H and O–H groups in total. The summed E-state index contributed by atoms with van der Waals surface area (Å²) in [6.45, 7) is 8.47. The lowest BCUT2D eigenvalue weighted by Crippen LogP contribution is -2.30. The highest BCUT2D eigenvalue weighted by Gasteiger charge is 2.01. The number of aliphatic hydroxyl groups excluding tert-OH is 1. The summed E-state index contributed by atoms with van der Waals surface area (Å²) in [5.74, 6) is -0.247. The van der Waals surface area contributed by atoms with E-state index in [0.717, 1.165) is 0 Å². The summed E-state index contributed by atoms with van der Waals surface area (Å²) in [5, 5.41) is 11.1. The van der Waals surface area contributed by atoms with E-state index in [1.807, 2.05) is 0 Å². The average Bonchev–Trinajstić information content (AvgIpc) is 1.82. The fourth-order valence-electron chi connectivity index (χ4n) is 0.361. The Morgan fingerprint density at radius 1 is 1.80 bits per heavy atom. The molecule has 0 rings (SSSR count). The van der Waals surface area contributed by atoms with Crippen molar-refractivity contribution in [3.8, 4) is 0 Å². The van der Waals surface area contributed by atoms with Gasteiger partial charge in [0.1, 0.15) is 0 Å². The first-order valence-corrected chi connectivity index (χ1v) is 2.99. The maximum atomic E-state index is 10.7. The van der Waals surface area contributed by atoms with E-state index < -0.39 is 6.10 Å². The van der Waals surface area contributed by atoms with E-state index in [-0.39, 0.29) is 12.5 Å². The minimum Gasteiger partial charge on any atom is -0.391 e. The second-order valence-corrected chi connectivity index (χ2v) is 2.14. The lowest BCUT2D eigenvalue weighted by Gasteiger charge is -2.05. The molecule has 0 spiro atoms. The number of hydrogen-bond acceptors (Lipinski definition) is 2. The zero-order valence-electron chi connectivity index (χ0n) is 6.05. The highest BCUT2D eigenvalue weighted by atomic mass is 16.3.